The summed E-state index contributed by atoms with van der Waals surface area (Å²) >= 11 is 3.58. The summed E-state index contributed by atoms with van der Waals surface area (Å²) in [5, 5.41) is 0. The van der Waals surface area contributed by atoms with E-state index in [0.29, 0.717) is 0 Å². The molecule has 2 aromatic rings. The summed E-state index contributed by atoms with van der Waals surface area (Å²) in [6.45, 7) is 4.21. The molecule has 0 aromatic heterocycles. The van der Waals surface area contributed by atoms with Crippen LogP contribution in [-0.2, 0) is 6.42 Å². The molecule has 2 rings (SSSR count). The normalized spacial score (nSPS) is 12.2. The van der Waals surface area contributed by atoms with Gasteiger partial charge in [0, 0.05) is 10.5 Å². The van der Waals surface area contributed by atoms with Gasteiger partial charge in [-0.3, -0.25) is 0 Å². The zero-order valence-electron chi connectivity index (χ0n) is 12.1. The van der Waals surface area contributed by atoms with Crippen molar-refractivity contribution in [3.63, 3.8) is 0 Å². The fraction of sp³-hybridized carbons (Fsp3) is 0.294. The van der Waals surface area contributed by atoms with Crippen LogP contribution in [0.1, 0.15) is 28.3 Å². The minimum Gasteiger partial charge on any atom is -0.497 e. The van der Waals surface area contributed by atoms with Crippen molar-refractivity contribution < 1.29 is 4.74 Å². The molecule has 0 saturated heterocycles. The van der Waals surface area contributed by atoms with Gasteiger partial charge in [-0.1, -0.05) is 39.7 Å². The van der Waals surface area contributed by atoms with E-state index in [1.807, 2.05) is 18.2 Å². The van der Waals surface area contributed by atoms with Crippen LogP contribution in [0.25, 0.3) is 0 Å². The van der Waals surface area contributed by atoms with E-state index in [9.17, 15) is 0 Å². The zero-order chi connectivity index (χ0) is 14.7. The zero-order valence-corrected chi connectivity index (χ0v) is 13.7. The Kier molecular flexibility index (Phi) is 4.84. The van der Waals surface area contributed by atoms with Crippen LogP contribution in [-0.4, -0.2) is 7.11 Å². The highest BCUT2D eigenvalue weighted by Gasteiger charge is 2.12. The third kappa shape index (κ3) is 3.41. The van der Waals surface area contributed by atoms with Crippen LogP contribution in [0.2, 0.25) is 0 Å². The Morgan fingerprint density at radius 3 is 2.55 bits per heavy atom. The van der Waals surface area contributed by atoms with Gasteiger partial charge >= 0.3 is 0 Å². The largest absolute Gasteiger partial charge is 0.497 e. The average Bonchev–Trinajstić information content (AvgIpc) is 2.41. The van der Waals surface area contributed by atoms with E-state index in [1.54, 1.807) is 7.11 Å². The minimum atomic E-state index is -0.0148. The van der Waals surface area contributed by atoms with E-state index in [4.69, 9.17) is 10.5 Å². The molecule has 2 aromatic carbocycles. The maximum Gasteiger partial charge on any atom is 0.119 e. The quantitative estimate of drug-likeness (QED) is 0.904. The molecule has 2 N–H and O–H groups in total. The predicted molar refractivity (Wildman–Crippen MR) is 87.2 cm³/mol. The highest BCUT2D eigenvalue weighted by atomic mass is 79.9. The van der Waals surface area contributed by atoms with Crippen molar-refractivity contribution in [2.45, 2.75) is 26.3 Å². The van der Waals surface area contributed by atoms with Crippen molar-refractivity contribution in [2.24, 2.45) is 5.73 Å². The summed E-state index contributed by atoms with van der Waals surface area (Å²) in [5.41, 5.74) is 11.3. The number of methoxy groups -OCH3 is 1. The lowest BCUT2D eigenvalue weighted by molar-refractivity contribution is 0.414. The smallest absolute Gasteiger partial charge is 0.119 e. The molecule has 0 saturated carbocycles. The van der Waals surface area contributed by atoms with E-state index in [1.165, 1.54) is 16.7 Å². The second-order valence-corrected chi connectivity index (χ2v) is 5.98. The Morgan fingerprint density at radius 1 is 1.15 bits per heavy atom. The molecule has 0 radical (unpaired) electrons. The van der Waals surface area contributed by atoms with Gasteiger partial charge in [-0.2, -0.15) is 0 Å². The fourth-order valence-electron chi connectivity index (χ4n) is 2.42. The highest BCUT2D eigenvalue weighted by molar-refractivity contribution is 9.10. The van der Waals surface area contributed by atoms with Crippen LogP contribution in [0, 0.1) is 13.8 Å². The standard InChI is InChI=1S/C17H20BrNO/c1-11-4-6-15(12(2)8-11)17(19)10-13-9-14(20-3)5-7-16(13)18/h4-9,17H,10,19H2,1-3H3. The van der Waals surface area contributed by atoms with Crippen LogP contribution in [0.15, 0.2) is 40.9 Å². The second-order valence-electron chi connectivity index (χ2n) is 5.13. The molecule has 0 spiro atoms. The maximum atomic E-state index is 6.38. The summed E-state index contributed by atoms with van der Waals surface area (Å²) in [6.07, 6.45) is 0.779. The monoisotopic (exact) mass is 333 g/mol. The van der Waals surface area contributed by atoms with E-state index < -0.39 is 0 Å². The van der Waals surface area contributed by atoms with Crippen molar-refractivity contribution in [3.05, 3.63) is 63.1 Å². The first-order chi connectivity index (χ1) is 9.51. The van der Waals surface area contributed by atoms with Gasteiger partial charge in [0.15, 0.2) is 0 Å². The molecular formula is C17H20BrNO. The number of aryl methyl sites for hydroxylation is 2. The third-order valence-electron chi connectivity index (χ3n) is 3.52. The number of halogens is 1. The lowest BCUT2D eigenvalue weighted by Crippen LogP contribution is -2.15. The molecule has 0 bridgehead atoms. The molecule has 0 aliphatic heterocycles. The first-order valence-electron chi connectivity index (χ1n) is 6.66. The van der Waals surface area contributed by atoms with Gasteiger partial charge in [-0.05, 0) is 55.2 Å². The highest BCUT2D eigenvalue weighted by Crippen LogP contribution is 2.27. The van der Waals surface area contributed by atoms with Crippen molar-refractivity contribution >= 4 is 15.9 Å². The van der Waals surface area contributed by atoms with Crippen LogP contribution in [0.5, 0.6) is 5.75 Å². The third-order valence-corrected chi connectivity index (χ3v) is 4.29. The molecule has 0 aliphatic carbocycles. The summed E-state index contributed by atoms with van der Waals surface area (Å²) < 4.78 is 6.34. The van der Waals surface area contributed by atoms with E-state index >= 15 is 0 Å². The fourth-order valence-corrected chi connectivity index (χ4v) is 2.83. The SMILES string of the molecule is COc1ccc(Br)c(CC(N)c2ccc(C)cc2C)c1. The van der Waals surface area contributed by atoms with Gasteiger partial charge in [0.25, 0.3) is 0 Å². The van der Waals surface area contributed by atoms with Gasteiger partial charge in [-0.15, -0.1) is 0 Å². The van der Waals surface area contributed by atoms with Crippen LogP contribution >= 0.6 is 15.9 Å². The molecule has 0 amide bonds. The molecule has 1 unspecified atom stereocenters. The number of hydrogen-bond donors (Lipinski definition) is 1. The Bertz CT molecular complexity index is 610. The lowest BCUT2D eigenvalue weighted by atomic mass is 9.95. The minimum absolute atomic E-state index is 0.0148. The van der Waals surface area contributed by atoms with Crippen LogP contribution < -0.4 is 10.5 Å². The maximum absolute atomic E-state index is 6.38. The summed E-state index contributed by atoms with van der Waals surface area (Å²) in [4.78, 5) is 0. The Balaban J connectivity index is 2.25. The first kappa shape index (κ1) is 15.1. The molecule has 1 atom stereocenters. The molecule has 0 fully saturated rings. The number of hydrogen-bond acceptors (Lipinski definition) is 2. The Labute approximate surface area is 129 Å². The molecule has 0 aliphatic rings. The number of ether oxygens (including phenoxy) is 1. The summed E-state index contributed by atoms with van der Waals surface area (Å²) in [7, 11) is 1.68. The van der Waals surface area contributed by atoms with Crippen LogP contribution in [0.4, 0.5) is 0 Å². The molecule has 106 valence electrons. The summed E-state index contributed by atoms with van der Waals surface area (Å²) in [5.74, 6) is 0.857. The van der Waals surface area contributed by atoms with Gasteiger partial charge < -0.3 is 10.5 Å². The molecule has 3 heteroatoms. The van der Waals surface area contributed by atoms with Gasteiger partial charge in [0.05, 0.1) is 7.11 Å². The van der Waals surface area contributed by atoms with Crippen molar-refractivity contribution in [1.82, 2.24) is 0 Å². The van der Waals surface area contributed by atoms with Crippen molar-refractivity contribution in [2.75, 3.05) is 7.11 Å². The molecule has 2 nitrogen and oxygen atoms in total. The van der Waals surface area contributed by atoms with Gasteiger partial charge in [0.2, 0.25) is 0 Å². The molecular weight excluding hydrogens is 314 g/mol. The second kappa shape index (κ2) is 6.42. The number of nitrogens with two attached hydrogens (primary N) is 1. The van der Waals surface area contributed by atoms with E-state index in [2.05, 4.69) is 48.0 Å². The summed E-state index contributed by atoms with van der Waals surface area (Å²) in [6, 6.07) is 12.4. The van der Waals surface area contributed by atoms with E-state index in [-0.39, 0.29) is 6.04 Å². The topological polar surface area (TPSA) is 35.2 Å². The number of benzene rings is 2. The number of rotatable bonds is 4. The predicted octanol–water partition coefficient (Wildman–Crippen LogP) is 4.32. The van der Waals surface area contributed by atoms with Gasteiger partial charge in [-0.25, -0.2) is 0 Å². The van der Waals surface area contributed by atoms with Gasteiger partial charge in [0.1, 0.15) is 5.75 Å². The Hall–Kier alpha value is -1.32. The molecule has 0 heterocycles. The van der Waals surface area contributed by atoms with Crippen molar-refractivity contribution in [1.29, 1.82) is 0 Å². The molecule has 20 heavy (non-hydrogen) atoms. The van der Waals surface area contributed by atoms with Crippen molar-refractivity contribution in [3.8, 4) is 5.75 Å². The average molecular weight is 334 g/mol. The lowest BCUT2D eigenvalue weighted by Gasteiger charge is -2.17. The van der Waals surface area contributed by atoms with E-state index in [0.717, 1.165) is 22.2 Å². The van der Waals surface area contributed by atoms with Crippen LogP contribution in [0.3, 0.4) is 0 Å². The first-order valence-corrected chi connectivity index (χ1v) is 7.45. The Morgan fingerprint density at radius 2 is 1.90 bits per heavy atom.